The topological polar surface area (TPSA) is 63.8 Å². The van der Waals surface area contributed by atoms with Gasteiger partial charge in [-0.25, -0.2) is 14.8 Å². The van der Waals surface area contributed by atoms with Crippen LogP contribution in [-0.4, -0.2) is 9.97 Å². The molecule has 84 valence electrons. The predicted octanol–water partition coefficient (Wildman–Crippen LogP) is 1.54. The molecule has 16 heavy (non-hydrogen) atoms. The minimum absolute atomic E-state index is 0.326. The van der Waals surface area contributed by atoms with Crippen LogP contribution in [0.25, 0.3) is 0 Å². The van der Waals surface area contributed by atoms with Gasteiger partial charge in [0, 0.05) is 11.6 Å². The second kappa shape index (κ2) is 4.65. The van der Waals surface area contributed by atoms with E-state index in [1.165, 1.54) is 17.4 Å². The molecular weight excluding hydrogens is 227 g/mol. The second-order valence-electron chi connectivity index (χ2n) is 3.33. The van der Waals surface area contributed by atoms with Gasteiger partial charge in [0.15, 0.2) is 0 Å². The van der Waals surface area contributed by atoms with Gasteiger partial charge in [0.05, 0.1) is 22.9 Å². The maximum Gasteiger partial charge on any atom is 0.141 e. The van der Waals surface area contributed by atoms with Gasteiger partial charge in [-0.15, -0.1) is 11.3 Å². The zero-order valence-electron chi connectivity index (χ0n) is 8.64. The summed E-state index contributed by atoms with van der Waals surface area (Å²) in [5.74, 6) is 5.08. The fourth-order valence-electron chi connectivity index (χ4n) is 1.45. The van der Waals surface area contributed by atoms with Crippen LogP contribution in [0.1, 0.15) is 22.3 Å². The summed E-state index contributed by atoms with van der Waals surface area (Å²) in [6, 6.07) is 1.07. The molecule has 0 radical (unpaired) electrons. The van der Waals surface area contributed by atoms with Gasteiger partial charge in [-0.1, -0.05) is 0 Å². The Bertz CT molecular complexity index is 485. The molecule has 2 aromatic rings. The molecule has 3 N–H and O–H groups in total. The van der Waals surface area contributed by atoms with Crippen LogP contribution in [0.2, 0.25) is 0 Å². The zero-order valence-corrected chi connectivity index (χ0v) is 9.46. The third-order valence-corrected chi connectivity index (χ3v) is 2.95. The van der Waals surface area contributed by atoms with Gasteiger partial charge in [-0.3, -0.25) is 10.8 Å². The lowest BCUT2D eigenvalue weighted by atomic mass is 10.1. The van der Waals surface area contributed by atoms with Crippen LogP contribution in [-0.2, 0) is 0 Å². The highest BCUT2D eigenvalue weighted by atomic mass is 32.1. The smallest absolute Gasteiger partial charge is 0.141 e. The number of hydrogen-bond acceptors (Lipinski definition) is 5. The van der Waals surface area contributed by atoms with E-state index in [-0.39, 0.29) is 11.9 Å². The number of rotatable bonds is 3. The molecule has 2 aromatic heterocycles. The first-order valence-corrected chi connectivity index (χ1v) is 5.57. The molecule has 2 heterocycles. The first-order valence-electron chi connectivity index (χ1n) is 4.69. The van der Waals surface area contributed by atoms with Crippen LogP contribution in [0.5, 0.6) is 0 Å². The van der Waals surface area contributed by atoms with Crippen molar-refractivity contribution >= 4 is 11.3 Å². The molecule has 0 aliphatic rings. The van der Waals surface area contributed by atoms with E-state index >= 15 is 0 Å². The van der Waals surface area contributed by atoms with Gasteiger partial charge in [0.1, 0.15) is 5.82 Å². The molecule has 0 bridgehead atoms. The van der Waals surface area contributed by atoms with Gasteiger partial charge < -0.3 is 0 Å². The Morgan fingerprint density at radius 3 is 2.88 bits per heavy atom. The maximum atomic E-state index is 13.0. The first-order chi connectivity index (χ1) is 7.70. The Morgan fingerprint density at radius 2 is 2.31 bits per heavy atom. The average Bonchev–Trinajstić information content (AvgIpc) is 2.66. The molecule has 6 heteroatoms. The number of nitrogens with one attached hydrogen (secondary N) is 1. The van der Waals surface area contributed by atoms with Gasteiger partial charge in [-0.05, 0) is 18.6 Å². The number of pyridine rings is 1. The SMILES string of the molecule is Cc1nc(C(NN)c2cncc(F)c2)cs1. The Kier molecular flexibility index (Phi) is 3.23. The summed E-state index contributed by atoms with van der Waals surface area (Å²) in [7, 11) is 0. The molecule has 1 atom stereocenters. The summed E-state index contributed by atoms with van der Waals surface area (Å²) in [4.78, 5) is 8.10. The lowest BCUT2D eigenvalue weighted by Gasteiger charge is -2.13. The van der Waals surface area contributed by atoms with Crippen molar-refractivity contribution in [2.45, 2.75) is 13.0 Å². The average molecular weight is 238 g/mol. The number of aromatic nitrogens is 2. The quantitative estimate of drug-likeness (QED) is 0.629. The number of hydrazine groups is 1. The molecule has 0 amide bonds. The van der Waals surface area contributed by atoms with E-state index in [4.69, 9.17) is 5.84 Å². The van der Waals surface area contributed by atoms with Crippen molar-refractivity contribution in [3.63, 3.8) is 0 Å². The van der Waals surface area contributed by atoms with Crippen molar-refractivity contribution in [1.82, 2.24) is 15.4 Å². The number of hydrogen-bond donors (Lipinski definition) is 2. The fraction of sp³-hybridized carbons (Fsp3) is 0.200. The van der Waals surface area contributed by atoms with Crippen LogP contribution >= 0.6 is 11.3 Å². The van der Waals surface area contributed by atoms with Crippen molar-refractivity contribution < 1.29 is 4.39 Å². The number of halogens is 1. The Labute approximate surface area is 96.3 Å². The van der Waals surface area contributed by atoms with Crippen molar-refractivity contribution in [2.24, 2.45) is 5.84 Å². The number of nitrogens with two attached hydrogens (primary N) is 1. The van der Waals surface area contributed by atoms with Crippen molar-refractivity contribution in [3.05, 3.63) is 45.9 Å². The Balaban J connectivity index is 2.36. The first kappa shape index (κ1) is 11.1. The minimum atomic E-state index is -0.385. The molecular formula is C10H11FN4S. The Morgan fingerprint density at radius 1 is 1.50 bits per heavy atom. The molecule has 0 aromatic carbocycles. The van der Waals surface area contributed by atoms with E-state index in [0.717, 1.165) is 16.9 Å². The van der Waals surface area contributed by atoms with Crippen LogP contribution in [0.3, 0.4) is 0 Å². The summed E-state index contributed by atoms with van der Waals surface area (Å²) in [5.41, 5.74) is 4.05. The predicted molar refractivity (Wildman–Crippen MR) is 60.2 cm³/mol. The molecule has 0 fully saturated rings. The number of thiazole rings is 1. The molecule has 0 saturated carbocycles. The van der Waals surface area contributed by atoms with Gasteiger partial charge in [0.2, 0.25) is 0 Å². The largest absolute Gasteiger partial charge is 0.271 e. The summed E-state index contributed by atoms with van der Waals surface area (Å²) < 4.78 is 13.0. The molecule has 0 saturated heterocycles. The number of aryl methyl sites for hydroxylation is 1. The molecule has 4 nitrogen and oxygen atoms in total. The molecule has 1 unspecified atom stereocenters. The Hall–Kier alpha value is -1.37. The molecule has 2 rings (SSSR count). The van der Waals surface area contributed by atoms with Crippen LogP contribution < -0.4 is 11.3 Å². The molecule has 0 spiro atoms. The normalized spacial score (nSPS) is 12.7. The summed E-state index contributed by atoms with van der Waals surface area (Å²) in [6.07, 6.45) is 2.73. The summed E-state index contributed by atoms with van der Waals surface area (Å²) in [5, 5.41) is 2.84. The van der Waals surface area contributed by atoms with E-state index in [2.05, 4.69) is 15.4 Å². The van der Waals surface area contributed by atoms with Crippen molar-refractivity contribution in [2.75, 3.05) is 0 Å². The monoisotopic (exact) mass is 238 g/mol. The van der Waals surface area contributed by atoms with Crippen molar-refractivity contribution in [1.29, 1.82) is 0 Å². The highest BCUT2D eigenvalue weighted by Crippen LogP contribution is 2.22. The number of nitrogens with zero attached hydrogens (tertiary/aromatic N) is 2. The zero-order chi connectivity index (χ0) is 11.5. The minimum Gasteiger partial charge on any atom is -0.271 e. The van der Waals surface area contributed by atoms with E-state index in [9.17, 15) is 4.39 Å². The maximum absolute atomic E-state index is 13.0. The van der Waals surface area contributed by atoms with Gasteiger partial charge in [0.25, 0.3) is 0 Å². The van der Waals surface area contributed by atoms with E-state index < -0.39 is 0 Å². The van der Waals surface area contributed by atoms with E-state index in [1.807, 2.05) is 12.3 Å². The third kappa shape index (κ3) is 2.24. The van der Waals surface area contributed by atoms with Crippen molar-refractivity contribution in [3.8, 4) is 0 Å². The van der Waals surface area contributed by atoms with Crippen LogP contribution in [0.15, 0.2) is 23.8 Å². The lowest BCUT2D eigenvalue weighted by Crippen LogP contribution is -2.29. The molecule has 0 aliphatic carbocycles. The van der Waals surface area contributed by atoms with E-state index in [1.54, 1.807) is 6.20 Å². The van der Waals surface area contributed by atoms with Gasteiger partial charge in [-0.2, -0.15) is 0 Å². The fourth-order valence-corrected chi connectivity index (χ4v) is 2.09. The molecule has 0 aliphatic heterocycles. The highest BCUT2D eigenvalue weighted by molar-refractivity contribution is 7.09. The third-order valence-electron chi connectivity index (χ3n) is 2.16. The van der Waals surface area contributed by atoms with Gasteiger partial charge >= 0.3 is 0 Å². The summed E-state index contributed by atoms with van der Waals surface area (Å²) in [6.45, 7) is 1.91. The van der Waals surface area contributed by atoms with Crippen LogP contribution in [0.4, 0.5) is 4.39 Å². The van der Waals surface area contributed by atoms with E-state index in [0.29, 0.717) is 5.56 Å². The standard InChI is InChI=1S/C10H11FN4S/c1-6-14-9(5-16-6)10(15-12)7-2-8(11)4-13-3-7/h2-5,10,15H,12H2,1H3. The lowest BCUT2D eigenvalue weighted by molar-refractivity contribution is 0.592. The van der Waals surface area contributed by atoms with Crippen LogP contribution in [0, 0.1) is 12.7 Å². The second-order valence-corrected chi connectivity index (χ2v) is 4.39. The summed E-state index contributed by atoms with van der Waals surface area (Å²) >= 11 is 1.53. The highest BCUT2D eigenvalue weighted by Gasteiger charge is 2.16.